The Morgan fingerprint density at radius 1 is 1.33 bits per heavy atom. The summed E-state index contributed by atoms with van der Waals surface area (Å²) in [4.78, 5) is 16.7. The smallest absolute Gasteiger partial charge is 0.296 e. The summed E-state index contributed by atoms with van der Waals surface area (Å²) < 4.78 is 41.2. The number of halogens is 3. The molecule has 1 aromatic rings. The number of nitrogens with zero attached hydrogens (tertiary/aromatic N) is 1. The monoisotopic (exact) mass is 391 g/mol. The highest BCUT2D eigenvalue weighted by molar-refractivity contribution is 8.16. The van der Waals surface area contributed by atoms with E-state index in [1.807, 2.05) is 0 Å². The van der Waals surface area contributed by atoms with Crippen LogP contribution in [0.15, 0.2) is 53.2 Å². The van der Waals surface area contributed by atoms with Crippen LogP contribution in [0.1, 0.15) is 25.5 Å². The number of nitrogens with one attached hydrogen (secondary N) is 2. The van der Waals surface area contributed by atoms with Gasteiger partial charge in [0.2, 0.25) is 5.91 Å². The summed E-state index contributed by atoms with van der Waals surface area (Å²) in [5.74, 6) is -5.42. The Labute approximate surface area is 160 Å². The Kier molecular flexibility index (Phi) is 5.16. The van der Waals surface area contributed by atoms with E-state index in [0.29, 0.717) is 17.3 Å². The van der Waals surface area contributed by atoms with Crippen molar-refractivity contribution in [2.45, 2.75) is 36.5 Å². The normalized spacial score (nSPS) is 27.9. The lowest BCUT2D eigenvalue weighted by molar-refractivity contribution is -0.128. The van der Waals surface area contributed by atoms with Gasteiger partial charge in [0.25, 0.3) is 5.92 Å². The van der Waals surface area contributed by atoms with E-state index >= 15 is 8.78 Å². The molecule has 1 saturated heterocycles. The molecule has 0 aromatic heterocycles. The molecule has 0 aliphatic carbocycles. The number of allylic oxidation sites excluding steroid dienone is 2. The van der Waals surface area contributed by atoms with E-state index in [0.717, 1.165) is 0 Å². The number of amidine groups is 1. The summed E-state index contributed by atoms with van der Waals surface area (Å²) in [5.41, 5.74) is 0.376. The standard InChI is InChI=1S/C18H17BF3N3OS/c1-10(11-3-5-13(20)6-4-11)24-16-25-15(26)17(2,27-16)18(21,22)12-7-8-23-14(19)9-12/h3-10,14,23H,1-2H3,(H,24,25,26)/t10-,14?,17?/m0/s1. The van der Waals surface area contributed by atoms with E-state index in [1.54, 1.807) is 19.1 Å². The largest absolute Gasteiger partial charge is 0.393 e. The maximum atomic E-state index is 15.1. The zero-order valence-electron chi connectivity index (χ0n) is 14.7. The average Bonchev–Trinajstić information content (AvgIpc) is 2.90. The van der Waals surface area contributed by atoms with Crippen LogP contribution in [-0.4, -0.2) is 35.5 Å². The molecular formula is C18H17BF3N3OS. The molecule has 0 saturated carbocycles. The molecule has 1 amide bonds. The first kappa shape index (κ1) is 19.6. The van der Waals surface area contributed by atoms with Gasteiger partial charge in [0, 0.05) is 11.5 Å². The van der Waals surface area contributed by atoms with E-state index in [1.165, 1.54) is 37.4 Å². The molecule has 140 valence electrons. The van der Waals surface area contributed by atoms with Crippen molar-refractivity contribution in [1.82, 2.24) is 10.6 Å². The molecule has 3 atom stereocenters. The minimum Gasteiger partial charge on any atom is -0.393 e. The fraction of sp³-hybridized carbons (Fsp3) is 0.333. The SMILES string of the molecule is [B]C1C=C(C(F)(F)C2(C)SC(=N[C@@H](C)c3ccc(F)cc3)NC2=O)C=CN1. The number of alkyl halides is 2. The molecule has 9 heteroatoms. The second-order valence-electron chi connectivity index (χ2n) is 6.47. The van der Waals surface area contributed by atoms with Crippen molar-refractivity contribution in [2.24, 2.45) is 4.99 Å². The molecule has 1 fully saturated rings. The minimum absolute atomic E-state index is 0.0989. The Morgan fingerprint density at radius 2 is 2.00 bits per heavy atom. The van der Waals surface area contributed by atoms with Gasteiger partial charge in [0.15, 0.2) is 9.91 Å². The van der Waals surface area contributed by atoms with Crippen molar-refractivity contribution < 1.29 is 18.0 Å². The highest BCUT2D eigenvalue weighted by Gasteiger charge is 2.62. The highest BCUT2D eigenvalue weighted by Crippen LogP contribution is 2.49. The van der Waals surface area contributed by atoms with Crippen molar-refractivity contribution >= 4 is 30.7 Å². The number of benzene rings is 1. The van der Waals surface area contributed by atoms with Crippen LogP contribution in [0.25, 0.3) is 0 Å². The quantitative estimate of drug-likeness (QED) is 0.776. The number of amides is 1. The lowest BCUT2D eigenvalue weighted by atomic mass is 9.86. The van der Waals surface area contributed by atoms with Gasteiger partial charge in [0.05, 0.1) is 6.04 Å². The van der Waals surface area contributed by atoms with Crippen molar-refractivity contribution in [2.75, 3.05) is 0 Å². The van der Waals surface area contributed by atoms with Gasteiger partial charge >= 0.3 is 0 Å². The predicted molar refractivity (Wildman–Crippen MR) is 101 cm³/mol. The summed E-state index contributed by atoms with van der Waals surface area (Å²) in [6.45, 7) is 2.91. The van der Waals surface area contributed by atoms with Crippen LogP contribution in [0, 0.1) is 5.82 Å². The maximum absolute atomic E-state index is 15.1. The average molecular weight is 391 g/mol. The van der Waals surface area contributed by atoms with Crippen LogP contribution in [-0.2, 0) is 4.79 Å². The molecule has 1 aromatic carbocycles. The van der Waals surface area contributed by atoms with Crippen molar-refractivity contribution in [1.29, 1.82) is 0 Å². The van der Waals surface area contributed by atoms with Crippen molar-refractivity contribution in [3.63, 3.8) is 0 Å². The van der Waals surface area contributed by atoms with Gasteiger partial charge in [-0.25, -0.2) is 4.39 Å². The fourth-order valence-corrected chi connectivity index (χ4v) is 3.90. The number of thioether (sulfide) groups is 1. The van der Waals surface area contributed by atoms with Crippen LogP contribution < -0.4 is 10.6 Å². The topological polar surface area (TPSA) is 53.5 Å². The summed E-state index contributed by atoms with van der Waals surface area (Å²) >= 11 is 0.678. The Hall–Kier alpha value is -2.16. The number of carbonyl (C=O) groups excluding carboxylic acids is 1. The Morgan fingerprint density at radius 3 is 2.63 bits per heavy atom. The second-order valence-corrected chi connectivity index (χ2v) is 7.88. The number of dihydropyridines is 1. The van der Waals surface area contributed by atoms with Crippen LogP contribution in [0.5, 0.6) is 0 Å². The Bertz CT molecular complexity index is 841. The van der Waals surface area contributed by atoms with Crippen LogP contribution in [0.3, 0.4) is 0 Å². The molecule has 2 radical (unpaired) electrons. The second kappa shape index (κ2) is 7.11. The minimum atomic E-state index is -3.46. The van der Waals surface area contributed by atoms with Gasteiger partial charge < -0.3 is 10.6 Å². The first-order chi connectivity index (χ1) is 12.6. The molecule has 2 N–H and O–H groups in total. The summed E-state index contributed by atoms with van der Waals surface area (Å²) in [5, 5.41) is 5.22. The number of hydrogen-bond acceptors (Lipinski definition) is 4. The fourth-order valence-electron chi connectivity index (χ4n) is 2.77. The number of carbonyl (C=O) groups is 1. The van der Waals surface area contributed by atoms with Crippen LogP contribution in [0.4, 0.5) is 13.2 Å². The molecule has 3 rings (SSSR count). The molecule has 27 heavy (non-hydrogen) atoms. The van der Waals surface area contributed by atoms with Crippen molar-refractivity contribution in [3.8, 4) is 0 Å². The van der Waals surface area contributed by atoms with E-state index in [4.69, 9.17) is 7.85 Å². The van der Waals surface area contributed by atoms with Gasteiger partial charge in [-0.2, -0.15) is 8.78 Å². The summed E-state index contributed by atoms with van der Waals surface area (Å²) in [7, 11) is 5.64. The molecule has 2 aliphatic heterocycles. The van der Waals surface area contributed by atoms with Crippen LogP contribution >= 0.6 is 11.8 Å². The highest BCUT2D eigenvalue weighted by atomic mass is 32.2. The van der Waals surface area contributed by atoms with E-state index < -0.39 is 28.6 Å². The molecular weight excluding hydrogens is 374 g/mol. The molecule has 2 aliphatic rings. The van der Waals surface area contributed by atoms with Gasteiger partial charge in [-0.1, -0.05) is 30.0 Å². The van der Waals surface area contributed by atoms with Crippen molar-refractivity contribution in [3.05, 3.63) is 59.6 Å². The third-order valence-corrected chi connectivity index (χ3v) is 5.74. The van der Waals surface area contributed by atoms with Gasteiger partial charge in [-0.3, -0.25) is 9.79 Å². The molecule has 2 heterocycles. The number of aliphatic imine (C=N–C) groups is 1. The van der Waals surface area contributed by atoms with E-state index in [-0.39, 0.29) is 16.6 Å². The molecule has 2 unspecified atom stereocenters. The number of hydrogen-bond donors (Lipinski definition) is 2. The molecule has 0 bridgehead atoms. The predicted octanol–water partition coefficient (Wildman–Crippen LogP) is 3.04. The number of rotatable bonds is 4. The Balaban J connectivity index is 1.85. The lowest BCUT2D eigenvalue weighted by Crippen LogP contribution is -2.50. The zero-order chi connectivity index (χ0) is 19.8. The summed E-state index contributed by atoms with van der Waals surface area (Å²) in [6.07, 6.45) is 3.73. The maximum Gasteiger partial charge on any atom is 0.296 e. The first-order valence-corrected chi connectivity index (χ1v) is 9.07. The first-order valence-electron chi connectivity index (χ1n) is 8.25. The van der Waals surface area contributed by atoms with Gasteiger partial charge in [0.1, 0.15) is 13.7 Å². The van der Waals surface area contributed by atoms with E-state index in [9.17, 15) is 9.18 Å². The van der Waals surface area contributed by atoms with E-state index in [2.05, 4.69) is 15.6 Å². The third kappa shape index (κ3) is 3.65. The lowest BCUT2D eigenvalue weighted by Gasteiger charge is -2.32. The van der Waals surface area contributed by atoms with Gasteiger partial charge in [-0.05, 0) is 43.8 Å². The summed E-state index contributed by atoms with van der Waals surface area (Å²) in [6, 6.07) is 5.28. The zero-order valence-corrected chi connectivity index (χ0v) is 15.5. The molecule has 0 spiro atoms. The van der Waals surface area contributed by atoms with Crippen LogP contribution in [0.2, 0.25) is 0 Å². The third-order valence-electron chi connectivity index (χ3n) is 4.49. The molecule has 4 nitrogen and oxygen atoms in total. The van der Waals surface area contributed by atoms with Gasteiger partial charge in [-0.15, -0.1) is 0 Å².